The van der Waals surface area contributed by atoms with E-state index in [1.807, 2.05) is 50.2 Å². The number of rotatable bonds is 7. The van der Waals surface area contributed by atoms with Gasteiger partial charge in [-0.05, 0) is 50.5 Å². The molecule has 3 aromatic heterocycles. The minimum Gasteiger partial charge on any atom is -0.294 e. The predicted octanol–water partition coefficient (Wildman–Crippen LogP) is 6.83. The summed E-state index contributed by atoms with van der Waals surface area (Å²) in [4.78, 5) is 27.9. The molecule has 4 aromatic rings. The van der Waals surface area contributed by atoms with E-state index in [1.165, 1.54) is 0 Å². The number of ketones is 1. The molecule has 0 saturated heterocycles. The number of benzene rings is 1. The Bertz CT molecular complexity index is 1290. The van der Waals surface area contributed by atoms with Crippen molar-refractivity contribution in [2.24, 2.45) is 0 Å². The summed E-state index contributed by atoms with van der Waals surface area (Å²) in [6.07, 6.45) is 4.82. The van der Waals surface area contributed by atoms with Crippen molar-refractivity contribution in [2.45, 2.75) is 44.9 Å². The second-order valence-corrected chi connectivity index (χ2v) is 10.9. The highest BCUT2D eigenvalue weighted by Gasteiger charge is 2.46. The van der Waals surface area contributed by atoms with Crippen molar-refractivity contribution in [3.63, 3.8) is 0 Å². The first-order valence-electron chi connectivity index (χ1n) is 10.6. The van der Waals surface area contributed by atoms with E-state index in [9.17, 15) is 4.79 Å². The Morgan fingerprint density at radius 1 is 1.12 bits per heavy atom. The molecule has 1 aliphatic carbocycles. The van der Waals surface area contributed by atoms with Crippen LogP contribution in [-0.2, 0) is 11.8 Å². The number of hydrogen-bond acceptors (Lipinski definition) is 6. The van der Waals surface area contributed by atoms with Gasteiger partial charge < -0.3 is 0 Å². The summed E-state index contributed by atoms with van der Waals surface area (Å²) >= 11 is 9.70. The van der Waals surface area contributed by atoms with Crippen LogP contribution in [0, 0.1) is 13.8 Å². The van der Waals surface area contributed by atoms with E-state index in [1.54, 1.807) is 28.9 Å². The summed E-state index contributed by atoms with van der Waals surface area (Å²) in [5, 5.41) is 4.89. The Kier molecular flexibility index (Phi) is 5.70. The van der Waals surface area contributed by atoms with Gasteiger partial charge in [0.25, 0.3) is 0 Å². The van der Waals surface area contributed by atoms with Gasteiger partial charge in [0.2, 0.25) is 0 Å². The zero-order chi connectivity index (χ0) is 22.3. The summed E-state index contributed by atoms with van der Waals surface area (Å²) in [5.41, 5.74) is 4.54. The Labute approximate surface area is 200 Å². The first-order valence-corrected chi connectivity index (χ1v) is 12.6. The zero-order valence-electron chi connectivity index (χ0n) is 17.9. The SMILES string of the molecule is Cc1nc(C)c(-c2csc(Cc3ccc(C(=O)CC4(c5ccccc5Cl)CC4)cn3)n2)s1. The van der Waals surface area contributed by atoms with Gasteiger partial charge >= 0.3 is 0 Å². The highest BCUT2D eigenvalue weighted by Crippen LogP contribution is 2.53. The highest BCUT2D eigenvalue weighted by molar-refractivity contribution is 7.16. The van der Waals surface area contributed by atoms with Crippen molar-refractivity contribution in [1.82, 2.24) is 15.0 Å². The number of hydrogen-bond donors (Lipinski definition) is 0. The molecule has 1 fully saturated rings. The molecule has 0 spiro atoms. The lowest BCUT2D eigenvalue weighted by molar-refractivity contribution is 0.0969. The molecule has 0 aliphatic heterocycles. The van der Waals surface area contributed by atoms with Crippen molar-refractivity contribution >= 4 is 40.1 Å². The Hall–Kier alpha value is -2.41. The molecular formula is C25H22ClN3OS2. The molecule has 0 N–H and O–H groups in total. The molecule has 1 aromatic carbocycles. The van der Waals surface area contributed by atoms with Crippen LogP contribution in [0.4, 0.5) is 0 Å². The third kappa shape index (κ3) is 4.27. The first-order chi connectivity index (χ1) is 15.4. The quantitative estimate of drug-likeness (QED) is 0.273. The van der Waals surface area contributed by atoms with Crippen molar-refractivity contribution in [3.05, 3.63) is 85.5 Å². The summed E-state index contributed by atoms with van der Waals surface area (Å²) in [5.74, 6) is 0.119. The molecule has 162 valence electrons. The highest BCUT2D eigenvalue weighted by atomic mass is 35.5. The fourth-order valence-electron chi connectivity index (χ4n) is 4.11. The van der Waals surface area contributed by atoms with Gasteiger partial charge in [0.1, 0.15) is 0 Å². The molecule has 0 atom stereocenters. The minimum atomic E-state index is -0.113. The summed E-state index contributed by atoms with van der Waals surface area (Å²) in [7, 11) is 0. The topological polar surface area (TPSA) is 55.7 Å². The van der Waals surface area contributed by atoms with Gasteiger partial charge in [0.05, 0.1) is 26.3 Å². The zero-order valence-corrected chi connectivity index (χ0v) is 20.3. The number of pyridine rings is 1. The molecule has 32 heavy (non-hydrogen) atoms. The van der Waals surface area contributed by atoms with Gasteiger partial charge in [-0.15, -0.1) is 22.7 Å². The van der Waals surface area contributed by atoms with E-state index in [4.69, 9.17) is 16.6 Å². The number of halogens is 1. The van der Waals surface area contributed by atoms with Crippen LogP contribution < -0.4 is 0 Å². The molecule has 0 radical (unpaired) electrons. The van der Waals surface area contributed by atoms with Crippen LogP contribution in [0.3, 0.4) is 0 Å². The minimum absolute atomic E-state index is 0.113. The van der Waals surface area contributed by atoms with Gasteiger partial charge in [-0.25, -0.2) is 9.97 Å². The van der Waals surface area contributed by atoms with E-state index in [2.05, 4.69) is 15.3 Å². The normalized spacial score (nSPS) is 14.5. The molecular weight excluding hydrogens is 458 g/mol. The number of carbonyl (C=O) groups is 1. The third-order valence-electron chi connectivity index (χ3n) is 5.96. The summed E-state index contributed by atoms with van der Waals surface area (Å²) in [6.45, 7) is 4.04. The van der Waals surface area contributed by atoms with E-state index < -0.39 is 0 Å². The standard InChI is InChI=1S/C25H22ClN3OS2/c1-15-24(32-16(2)28-15)21-14-31-23(29-21)11-18-8-7-17(13-27-18)22(30)12-25(9-10-25)19-5-3-4-6-20(19)26/h3-8,13-14H,9-12H2,1-2H3. The monoisotopic (exact) mass is 479 g/mol. The van der Waals surface area contributed by atoms with Gasteiger partial charge in [0, 0.05) is 46.1 Å². The molecule has 1 saturated carbocycles. The molecule has 7 heteroatoms. The molecule has 0 amide bonds. The number of Topliss-reactive ketones (excluding diaryl/α,β-unsaturated/α-hetero) is 1. The van der Waals surface area contributed by atoms with Crippen LogP contribution in [0.25, 0.3) is 10.6 Å². The lowest BCUT2D eigenvalue weighted by Gasteiger charge is -2.16. The van der Waals surface area contributed by atoms with Crippen molar-refractivity contribution in [2.75, 3.05) is 0 Å². The fourth-order valence-corrected chi connectivity index (χ4v) is 6.20. The van der Waals surface area contributed by atoms with Crippen molar-refractivity contribution in [1.29, 1.82) is 0 Å². The summed E-state index contributed by atoms with van der Waals surface area (Å²) in [6, 6.07) is 11.7. The van der Waals surface area contributed by atoms with Gasteiger partial charge in [0.15, 0.2) is 5.78 Å². The van der Waals surface area contributed by atoms with Crippen LogP contribution in [0.1, 0.15) is 56.6 Å². The van der Waals surface area contributed by atoms with Crippen LogP contribution in [0.2, 0.25) is 5.02 Å². The smallest absolute Gasteiger partial charge is 0.165 e. The Morgan fingerprint density at radius 3 is 2.59 bits per heavy atom. The van der Waals surface area contributed by atoms with Crippen LogP contribution >= 0.6 is 34.3 Å². The first kappa shape index (κ1) is 21.4. The van der Waals surface area contributed by atoms with E-state index >= 15 is 0 Å². The molecule has 0 bridgehead atoms. The number of nitrogens with zero attached hydrogens (tertiary/aromatic N) is 3. The second-order valence-electron chi connectivity index (χ2n) is 8.35. The number of thiazole rings is 2. The second kappa shape index (κ2) is 8.50. The average Bonchev–Trinajstić information content (AvgIpc) is 3.25. The fraction of sp³-hybridized carbons (Fsp3) is 0.280. The van der Waals surface area contributed by atoms with Gasteiger partial charge in [-0.1, -0.05) is 29.8 Å². The molecule has 0 unspecified atom stereocenters. The van der Waals surface area contributed by atoms with Gasteiger partial charge in [-0.2, -0.15) is 0 Å². The number of aryl methyl sites for hydroxylation is 2. The third-order valence-corrected chi connectivity index (χ3v) is 8.24. The van der Waals surface area contributed by atoms with Crippen LogP contribution in [-0.4, -0.2) is 20.7 Å². The maximum Gasteiger partial charge on any atom is 0.165 e. The largest absolute Gasteiger partial charge is 0.294 e. The maximum absolute atomic E-state index is 13.0. The Morgan fingerprint density at radius 2 is 1.94 bits per heavy atom. The van der Waals surface area contributed by atoms with E-state index in [0.29, 0.717) is 18.4 Å². The number of carbonyl (C=O) groups excluding carboxylic acids is 1. The average molecular weight is 480 g/mol. The maximum atomic E-state index is 13.0. The lowest BCUT2D eigenvalue weighted by atomic mass is 9.89. The Balaban J connectivity index is 1.26. The predicted molar refractivity (Wildman–Crippen MR) is 131 cm³/mol. The van der Waals surface area contributed by atoms with Crippen molar-refractivity contribution < 1.29 is 4.79 Å². The molecule has 3 heterocycles. The van der Waals surface area contributed by atoms with E-state index in [-0.39, 0.29) is 11.2 Å². The molecule has 5 rings (SSSR count). The lowest BCUT2D eigenvalue weighted by Crippen LogP contribution is -2.14. The molecule has 4 nitrogen and oxygen atoms in total. The van der Waals surface area contributed by atoms with Crippen LogP contribution in [0.15, 0.2) is 48.0 Å². The molecule has 1 aliphatic rings. The van der Waals surface area contributed by atoms with Crippen LogP contribution in [0.5, 0.6) is 0 Å². The van der Waals surface area contributed by atoms with E-state index in [0.717, 1.165) is 55.4 Å². The van der Waals surface area contributed by atoms with Crippen molar-refractivity contribution in [3.8, 4) is 10.6 Å². The van der Waals surface area contributed by atoms with Gasteiger partial charge in [-0.3, -0.25) is 9.78 Å². The number of aromatic nitrogens is 3. The summed E-state index contributed by atoms with van der Waals surface area (Å²) < 4.78 is 0.